The van der Waals surface area contributed by atoms with Gasteiger partial charge in [-0.1, -0.05) is 30.3 Å². The molecule has 0 saturated heterocycles. The highest BCUT2D eigenvalue weighted by Gasteiger charge is 2.18. The van der Waals surface area contributed by atoms with Gasteiger partial charge in [0.2, 0.25) is 10.0 Å². The number of sulfonamides is 1. The number of carbonyl (C=O) groups excluding carboxylic acids is 1. The number of ketones is 1. The zero-order chi connectivity index (χ0) is 13.6. The van der Waals surface area contributed by atoms with E-state index in [2.05, 4.69) is 4.72 Å². The Balaban J connectivity index is 2.58. The topological polar surface area (TPSA) is 104 Å². The third-order valence-corrected chi connectivity index (χ3v) is 3.42. The van der Waals surface area contributed by atoms with Gasteiger partial charge in [-0.25, -0.2) is 13.1 Å². The highest BCUT2D eigenvalue weighted by molar-refractivity contribution is 7.90. The molecule has 1 rings (SSSR count). The molecule has 1 aromatic rings. The standard InChI is InChI=1S/C11H15NO5S/c13-7-10(14)6-12-18(16,17)8-11(15)9-4-2-1-3-5-9/h1-5,10,12-14H,6-8H2/t10-/m1/s1. The van der Waals surface area contributed by atoms with Crippen LogP contribution >= 0.6 is 0 Å². The lowest BCUT2D eigenvalue weighted by molar-refractivity contribution is 0.0983. The molecule has 0 bridgehead atoms. The van der Waals surface area contributed by atoms with E-state index in [0.29, 0.717) is 5.56 Å². The van der Waals surface area contributed by atoms with E-state index in [9.17, 15) is 13.2 Å². The van der Waals surface area contributed by atoms with Gasteiger partial charge in [0.05, 0.1) is 12.7 Å². The molecule has 0 radical (unpaired) electrons. The Morgan fingerprint density at radius 1 is 1.28 bits per heavy atom. The van der Waals surface area contributed by atoms with Crippen molar-refractivity contribution in [2.24, 2.45) is 0 Å². The van der Waals surface area contributed by atoms with Crippen LogP contribution in [0.15, 0.2) is 30.3 Å². The Labute approximate surface area is 105 Å². The smallest absolute Gasteiger partial charge is 0.219 e. The lowest BCUT2D eigenvalue weighted by Crippen LogP contribution is -2.37. The molecule has 0 amide bonds. The summed E-state index contributed by atoms with van der Waals surface area (Å²) in [6.45, 7) is -0.865. The summed E-state index contributed by atoms with van der Waals surface area (Å²) in [7, 11) is -3.80. The number of carbonyl (C=O) groups is 1. The number of benzene rings is 1. The summed E-state index contributed by atoms with van der Waals surface area (Å²) < 4.78 is 25.1. The average Bonchev–Trinajstić information content (AvgIpc) is 2.36. The summed E-state index contributed by atoms with van der Waals surface area (Å²) >= 11 is 0. The van der Waals surface area contributed by atoms with Crippen LogP contribution in [0, 0.1) is 0 Å². The Morgan fingerprint density at radius 2 is 1.89 bits per heavy atom. The molecule has 0 heterocycles. The van der Waals surface area contributed by atoms with E-state index < -0.39 is 34.3 Å². The Kier molecular flexibility index (Phi) is 5.42. The normalized spacial score (nSPS) is 13.2. The largest absolute Gasteiger partial charge is 0.394 e. The number of hydrogen-bond donors (Lipinski definition) is 3. The number of Topliss-reactive ketones (excluding diaryl/α,β-unsaturated/α-hetero) is 1. The van der Waals surface area contributed by atoms with Crippen LogP contribution in [0.3, 0.4) is 0 Å². The predicted molar refractivity (Wildman–Crippen MR) is 65.7 cm³/mol. The molecular weight excluding hydrogens is 258 g/mol. The fourth-order valence-electron chi connectivity index (χ4n) is 1.22. The number of hydrogen-bond acceptors (Lipinski definition) is 5. The van der Waals surface area contributed by atoms with Crippen LogP contribution in [0.4, 0.5) is 0 Å². The van der Waals surface area contributed by atoms with Gasteiger partial charge in [-0.05, 0) is 0 Å². The molecule has 6 nitrogen and oxygen atoms in total. The van der Waals surface area contributed by atoms with Crippen LogP contribution < -0.4 is 4.72 Å². The third kappa shape index (κ3) is 4.92. The summed E-state index contributed by atoms with van der Waals surface area (Å²) in [5.41, 5.74) is 0.311. The molecule has 0 aliphatic carbocycles. The maximum absolute atomic E-state index is 11.6. The second kappa shape index (κ2) is 6.60. The number of aliphatic hydroxyl groups is 2. The first-order valence-electron chi connectivity index (χ1n) is 5.29. The van der Waals surface area contributed by atoms with E-state index in [1.165, 1.54) is 12.1 Å². The molecule has 1 aromatic carbocycles. The van der Waals surface area contributed by atoms with E-state index in [0.717, 1.165) is 0 Å². The average molecular weight is 273 g/mol. The molecule has 0 saturated carbocycles. The predicted octanol–water partition coefficient (Wildman–Crippen LogP) is -0.858. The maximum atomic E-state index is 11.6. The minimum atomic E-state index is -3.80. The van der Waals surface area contributed by atoms with Gasteiger partial charge in [-0.2, -0.15) is 0 Å². The van der Waals surface area contributed by atoms with Crippen LogP contribution in [0.2, 0.25) is 0 Å². The van der Waals surface area contributed by atoms with Crippen molar-refractivity contribution in [1.29, 1.82) is 0 Å². The van der Waals surface area contributed by atoms with E-state index in [1.807, 2.05) is 0 Å². The van der Waals surface area contributed by atoms with Gasteiger partial charge >= 0.3 is 0 Å². The van der Waals surface area contributed by atoms with Gasteiger partial charge in [0, 0.05) is 12.1 Å². The van der Waals surface area contributed by atoms with Crippen molar-refractivity contribution in [2.75, 3.05) is 18.9 Å². The Bertz CT molecular complexity index is 485. The van der Waals surface area contributed by atoms with Gasteiger partial charge in [0.15, 0.2) is 5.78 Å². The minimum absolute atomic E-state index is 0.311. The van der Waals surface area contributed by atoms with Gasteiger partial charge in [-0.3, -0.25) is 4.79 Å². The molecule has 0 aliphatic heterocycles. The molecule has 1 atom stereocenters. The summed E-state index contributed by atoms with van der Waals surface area (Å²) in [4.78, 5) is 11.6. The zero-order valence-electron chi connectivity index (χ0n) is 9.61. The Hall–Kier alpha value is -1.28. The van der Waals surface area contributed by atoms with Crippen molar-refractivity contribution in [3.63, 3.8) is 0 Å². The van der Waals surface area contributed by atoms with Crippen LogP contribution in [0.1, 0.15) is 10.4 Å². The van der Waals surface area contributed by atoms with E-state index in [4.69, 9.17) is 10.2 Å². The molecule has 0 aromatic heterocycles. The van der Waals surface area contributed by atoms with Crippen LogP contribution in [0.5, 0.6) is 0 Å². The van der Waals surface area contributed by atoms with Crippen molar-refractivity contribution in [3.8, 4) is 0 Å². The maximum Gasteiger partial charge on any atom is 0.219 e. The Morgan fingerprint density at radius 3 is 2.44 bits per heavy atom. The third-order valence-electron chi connectivity index (χ3n) is 2.17. The van der Waals surface area contributed by atoms with Gasteiger partial charge in [-0.15, -0.1) is 0 Å². The molecule has 100 valence electrons. The van der Waals surface area contributed by atoms with Crippen LogP contribution in [0.25, 0.3) is 0 Å². The SMILES string of the molecule is O=C(CS(=O)(=O)NC[C@@H](O)CO)c1ccccc1. The van der Waals surface area contributed by atoms with Gasteiger partial charge in [0.1, 0.15) is 5.75 Å². The van der Waals surface area contributed by atoms with E-state index >= 15 is 0 Å². The van der Waals surface area contributed by atoms with E-state index in [-0.39, 0.29) is 6.54 Å². The van der Waals surface area contributed by atoms with Gasteiger partial charge in [0.25, 0.3) is 0 Å². The molecule has 18 heavy (non-hydrogen) atoms. The molecule has 0 unspecified atom stereocenters. The summed E-state index contributed by atoms with van der Waals surface area (Å²) in [5.74, 6) is -1.21. The summed E-state index contributed by atoms with van der Waals surface area (Å²) in [6.07, 6.45) is -1.17. The summed E-state index contributed by atoms with van der Waals surface area (Å²) in [5, 5.41) is 17.6. The second-order valence-electron chi connectivity index (χ2n) is 3.73. The zero-order valence-corrected chi connectivity index (χ0v) is 10.4. The highest BCUT2D eigenvalue weighted by Crippen LogP contribution is 2.01. The second-order valence-corrected chi connectivity index (χ2v) is 5.54. The monoisotopic (exact) mass is 273 g/mol. The first-order chi connectivity index (χ1) is 8.44. The summed E-state index contributed by atoms with van der Waals surface area (Å²) in [6, 6.07) is 8.06. The van der Waals surface area contributed by atoms with Crippen molar-refractivity contribution in [1.82, 2.24) is 4.72 Å². The molecule has 0 spiro atoms. The quantitative estimate of drug-likeness (QED) is 0.561. The fraction of sp³-hybridized carbons (Fsp3) is 0.364. The lowest BCUT2D eigenvalue weighted by Gasteiger charge is -2.09. The van der Waals surface area contributed by atoms with Gasteiger partial charge < -0.3 is 10.2 Å². The molecule has 7 heteroatoms. The minimum Gasteiger partial charge on any atom is -0.394 e. The van der Waals surface area contributed by atoms with Crippen molar-refractivity contribution >= 4 is 15.8 Å². The van der Waals surface area contributed by atoms with Crippen molar-refractivity contribution in [3.05, 3.63) is 35.9 Å². The van der Waals surface area contributed by atoms with Crippen molar-refractivity contribution in [2.45, 2.75) is 6.10 Å². The lowest BCUT2D eigenvalue weighted by atomic mass is 10.2. The van der Waals surface area contributed by atoms with Crippen molar-refractivity contribution < 1.29 is 23.4 Å². The molecule has 0 aliphatic rings. The number of rotatable bonds is 7. The molecule has 3 N–H and O–H groups in total. The number of aliphatic hydroxyl groups excluding tert-OH is 2. The number of nitrogens with one attached hydrogen (secondary N) is 1. The first-order valence-corrected chi connectivity index (χ1v) is 6.94. The molecule has 0 fully saturated rings. The van der Waals surface area contributed by atoms with E-state index in [1.54, 1.807) is 18.2 Å². The first kappa shape index (κ1) is 14.8. The van der Waals surface area contributed by atoms with Crippen LogP contribution in [-0.2, 0) is 10.0 Å². The molecular formula is C11H15NO5S. The van der Waals surface area contributed by atoms with Crippen LogP contribution in [-0.4, -0.2) is 49.4 Å². The highest BCUT2D eigenvalue weighted by atomic mass is 32.2. The fourth-order valence-corrected chi connectivity index (χ4v) is 2.28.